The van der Waals surface area contributed by atoms with E-state index in [-0.39, 0.29) is 4.90 Å². The van der Waals surface area contributed by atoms with Crippen molar-refractivity contribution >= 4 is 21.6 Å². The Bertz CT molecular complexity index is 543. The van der Waals surface area contributed by atoms with Crippen molar-refractivity contribution in [1.82, 2.24) is 0 Å². The average molecular weight is 271 g/mol. The van der Waals surface area contributed by atoms with Crippen LogP contribution < -0.4 is 5.32 Å². The van der Waals surface area contributed by atoms with E-state index in [0.717, 1.165) is 6.26 Å². The lowest BCUT2D eigenvalue weighted by molar-refractivity contribution is 0.0636. The van der Waals surface area contributed by atoms with Crippen LogP contribution in [0.4, 0.5) is 10.5 Å². The summed E-state index contributed by atoms with van der Waals surface area (Å²) in [6.07, 6.45) is 0.493. The predicted octanol–water partition coefficient (Wildman–Crippen LogP) is 2.44. The Kier molecular flexibility index (Phi) is 4.01. The summed E-state index contributed by atoms with van der Waals surface area (Å²) in [4.78, 5) is 11.7. The lowest BCUT2D eigenvalue weighted by Gasteiger charge is -2.19. The molecule has 1 aromatic carbocycles. The van der Waals surface area contributed by atoms with E-state index in [9.17, 15) is 13.2 Å². The minimum atomic E-state index is -3.29. The highest BCUT2D eigenvalue weighted by Gasteiger charge is 2.16. The molecule has 0 atom stereocenters. The van der Waals surface area contributed by atoms with Gasteiger partial charge in [0.2, 0.25) is 0 Å². The molecular formula is C12H17NO4S. The number of benzene rings is 1. The molecule has 0 fully saturated rings. The quantitative estimate of drug-likeness (QED) is 0.896. The number of amides is 1. The molecule has 0 aliphatic heterocycles. The summed E-state index contributed by atoms with van der Waals surface area (Å²) >= 11 is 0. The van der Waals surface area contributed by atoms with Crippen molar-refractivity contribution in [3.63, 3.8) is 0 Å². The minimum Gasteiger partial charge on any atom is -0.444 e. The van der Waals surface area contributed by atoms with Crippen LogP contribution in [0.2, 0.25) is 0 Å². The second-order valence-corrected chi connectivity index (χ2v) is 6.94. The van der Waals surface area contributed by atoms with Crippen molar-refractivity contribution in [3.8, 4) is 0 Å². The third-order valence-electron chi connectivity index (χ3n) is 1.91. The standard InChI is InChI=1S/C12H17NO4S/c1-12(2,3)17-11(14)13-9-6-5-7-10(8-9)18(4,15)16/h5-8H,1-4H3,(H,13,14). The fourth-order valence-electron chi connectivity index (χ4n) is 1.23. The Morgan fingerprint density at radius 2 is 1.89 bits per heavy atom. The summed E-state index contributed by atoms with van der Waals surface area (Å²) in [5.41, 5.74) is -0.217. The Morgan fingerprint density at radius 3 is 2.39 bits per heavy atom. The molecule has 0 aliphatic rings. The van der Waals surface area contributed by atoms with Gasteiger partial charge in [-0.2, -0.15) is 0 Å². The average Bonchev–Trinajstić information content (AvgIpc) is 2.13. The molecule has 1 aromatic rings. The van der Waals surface area contributed by atoms with Gasteiger partial charge in [-0.3, -0.25) is 5.32 Å². The van der Waals surface area contributed by atoms with Gasteiger partial charge in [-0.25, -0.2) is 13.2 Å². The van der Waals surface area contributed by atoms with Crippen LogP contribution in [0.15, 0.2) is 29.2 Å². The Labute approximate surface area is 107 Å². The lowest BCUT2D eigenvalue weighted by Crippen LogP contribution is -2.27. The van der Waals surface area contributed by atoms with Crippen LogP contribution in [0.5, 0.6) is 0 Å². The largest absolute Gasteiger partial charge is 0.444 e. The van der Waals surface area contributed by atoms with Crippen molar-refractivity contribution in [2.24, 2.45) is 0 Å². The van der Waals surface area contributed by atoms with Gasteiger partial charge in [-0.1, -0.05) is 6.07 Å². The van der Waals surface area contributed by atoms with Gasteiger partial charge in [0, 0.05) is 11.9 Å². The first kappa shape index (κ1) is 14.5. The van der Waals surface area contributed by atoms with Crippen LogP contribution in [0.3, 0.4) is 0 Å². The maximum absolute atomic E-state index is 11.5. The van der Waals surface area contributed by atoms with Crippen LogP contribution >= 0.6 is 0 Å². The summed E-state index contributed by atoms with van der Waals surface area (Å²) in [5.74, 6) is 0. The Hall–Kier alpha value is -1.56. The van der Waals surface area contributed by atoms with Gasteiger partial charge in [-0.05, 0) is 39.0 Å². The maximum Gasteiger partial charge on any atom is 0.412 e. The van der Waals surface area contributed by atoms with Crippen LogP contribution in [0.25, 0.3) is 0 Å². The van der Waals surface area contributed by atoms with E-state index in [2.05, 4.69) is 5.32 Å². The SMILES string of the molecule is CC(C)(C)OC(=O)Nc1cccc(S(C)(=O)=O)c1. The highest BCUT2D eigenvalue weighted by Crippen LogP contribution is 2.16. The fraction of sp³-hybridized carbons (Fsp3) is 0.417. The van der Waals surface area contributed by atoms with Crippen LogP contribution in [-0.4, -0.2) is 26.4 Å². The molecule has 1 rings (SSSR count). The maximum atomic E-state index is 11.5. The second-order valence-electron chi connectivity index (χ2n) is 4.93. The van der Waals surface area contributed by atoms with Gasteiger partial charge >= 0.3 is 6.09 Å². The van der Waals surface area contributed by atoms with Crippen LogP contribution in [-0.2, 0) is 14.6 Å². The number of sulfone groups is 1. The molecule has 6 heteroatoms. The molecule has 1 amide bonds. The van der Waals surface area contributed by atoms with Gasteiger partial charge in [0.05, 0.1) is 4.90 Å². The Balaban J connectivity index is 2.84. The Morgan fingerprint density at radius 1 is 1.28 bits per heavy atom. The molecule has 0 bridgehead atoms. The number of carbonyl (C=O) groups excluding carboxylic acids is 1. The summed E-state index contributed by atoms with van der Waals surface area (Å²) in [7, 11) is -3.29. The molecule has 0 radical (unpaired) electrons. The summed E-state index contributed by atoms with van der Waals surface area (Å²) in [6, 6.07) is 6.01. The number of anilines is 1. The van der Waals surface area contributed by atoms with Crippen molar-refractivity contribution in [2.75, 3.05) is 11.6 Å². The highest BCUT2D eigenvalue weighted by molar-refractivity contribution is 7.90. The monoisotopic (exact) mass is 271 g/mol. The lowest BCUT2D eigenvalue weighted by atomic mass is 10.2. The predicted molar refractivity (Wildman–Crippen MR) is 69.4 cm³/mol. The number of nitrogens with one attached hydrogen (secondary N) is 1. The van der Waals surface area contributed by atoms with Gasteiger partial charge in [0.1, 0.15) is 5.60 Å². The first-order chi connectivity index (χ1) is 8.08. The number of carbonyl (C=O) groups is 1. The molecule has 100 valence electrons. The number of rotatable bonds is 2. The van der Waals surface area contributed by atoms with E-state index in [4.69, 9.17) is 4.74 Å². The zero-order valence-corrected chi connectivity index (χ0v) is 11.7. The summed E-state index contributed by atoms with van der Waals surface area (Å²) in [6.45, 7) is 5.25. The minimum absolute atomic E-state index is 0.149. The molecule has 0 spiro atoms. The molecule has 1 N–H and O–H groups in total. The summed E-state index contributed by atoms with van der Waals surface area (Å²) < 4.78 is 27.8. The summed E-state index contributed by atoms with van der Waals surface area (Å²) in [5, 5.41) is 2.49. The fourth-order valence-corrected chi connectivity index (χ4v) is 1.89. The van der Waals surface area contributed by atoms with E-state index in [1.165, 1.54) is 12.1 Å². The molecule has 18 heavy (non-hydrogen) atoms. The first-order valence-corrected chi connectivity index (χ1v) is 7.27. The van der Waals surface area contributed by atoms with Gasteiger partial charge in [0.15, 0.2) is 9.84 Å². The second kappa shape index (κ2) is 4.97. The third kappa shape index (κ3) is 4.75. The van der Waals surface area contributed by atoms with Crippen molar-refractivity contribution in [1.29, 1.82) is 0 Å². The molecule has 0 aromatic heterocycles. The van der Waals surface area contributed by atoms with Crippen molar-refractivity contribution in [2.45, 2.75) is 31.3 Å². The van der Waals surface area contributed by atoms with Gasteiger partial charge in [-0.15, -0.1) is 0 Å². The molecule has 0 saturated heterocycles. The molecular weight excluding hydrogens is 254 g/mol. The van der Waals surface area contributed by atoms with E-state index in [1.54, 1.807) is 32.9 Å². The topological polar surface area (TPSA) is 72.5 Å². The first-order valence-electron chi connectivity index (χ1n) is 5.38. The van der Waals surface area contributed by atoms with E-state index >= 15 is 0 Å². The normalized spacial score (nSPS) is 12.0. The molecule has 0 unspecified atom stereocenters. The number of ether oxygens (including phenoxy) is 1. The number of hydrogen-bond donors (Lipinski definition) is 1. The van der Waals surface area contributed by atoms with Crippen molar-refractivity contribution < 1.29 is 17.9 Å². The van der Waals surface area contributed by atoms with Gasteiger partial charge < -0.3 is 4.74 Å². The van der Waals surface area contributed by atoms with Crippen LogP contribution in [0.1, 0.15) is 20.8 Å². The smallest absolute Gasteiger partial charge is 0.412 e. The molecule has 0 saturated carbocycles. The zero-order valence-electron chi connectivity index (χ0n) is 10.9. The van der Waals surface area contributed by atoms with E-state index in [1.807, 2.05) is 0 Å². The zero-order chi connectivity index (χ0) is 14.0. The third-order valence-corrected chi connectivity index (χ3v) is 3.02. The highest BCUT2D eigenvalue weighted by atomic mass is 32.2. The van der Waals surface area contributed by atoms with Crippen LogP contribution in [0, 0.1) is 0 Å². The van der Waals surface area contributed by atoms with Crippen molar-refractivity contribution in [3.05, 3.63) is 24.3 Å². The molecule has 0 heterocycles. The van der Waals surface area contributed by atoms with Gasteiger partial charge in [0.25, 0.3) is 0 Å². The number of hydrogen-bond acceptors (Lipinski definition) is 4. The van der Waals surface area contributed by atoms with E-state index < -0.39 is 21.5 Å². The molecule has 5 nitrogen and oxygen atoms in total. The molecule has 0 aliphatic carbocycles. The van der Waals surface area contributed by atoms with E-state index in [0.29, 0.717) is 5.69 Å².